The van der Waals surface area contributed by atoms with Crippen molar-refractivity contribution in [2.75, 3.05) is 0 Å². The fourth-order valence-electron chi connectivity index (χ4n) is 1.35. The number of halogens is 4. The molecule has 0 aliphatic rings. The smallest absolute Gasteiger partial charge is 0.298 e. The molecule has 0 fully saturated rings. The Morgan fingerprint density at radius 1 is 1.41 bits per heavy atom. The van der Waals surface area contributed by atoms with Gasteiger partial charge in [-0.2, -0.15) is 13.2 Å². The standard InChI is InChI=1S/C11H10ClF3OS/c1-6-5-8(17-11(13,14)15)3-4-9(6)10(12)7(2)16/h3-5,10H,1-2H3. The lowest BCUT2D eigenvalue weighted by Gasteiger charge is -2.12. The van der Waals surface area contributed by atoms with Crippen LogP contribution in [0.3, 0.4) is 0 Å². The first-order valence-electron chi connectivity index (χ1n) is 4.71. The van der Waals surface area contributed by atoms with Gasteiger partial charge in [-0.3, -0.25) is 4.79 Å². The minimum Gasteiger partial charge on any atom is -0.298 e. The highest BCUT2D eigenvalue weighted by Crippen LogP contribution is 2.38. The predicted octanol–water partition coefficient (Wildman–Crippen LogP) is 4.48. The van der Waals surface area contributed by atoms with Crippen LogP contribution >= 0.6 is 23.4 Å². The van der Waals surface area contributed by atoms with Crippen molar-refractivity contribution < 1.29 is 18.0 Å². The third-order valence-corrected chi connectivity index (χ3v) is 3.37. The molecule has 0 radical (unpaired) electrons. The molecule has 0 bridgehead atoms. The summed E-state index contributed by atoms with van der Waals surface area (Å²) in [6.07, 6.45) is 0. The van der Waals surface area contributed by atoms with Gasteiger partial charge in [0.1, 0.15) is 5.38 Å². The van der Waals surface area contributed by atoms with E-state index in [2.05, 4.69) is 0 Å². The van der Waals surface area contributed by atoms with Crippen LogP contribution in [0.2, 0.25) is 0 Å². The number of alkyl halides is 4. The van der Waals surface area contributed by atoms with Gasteiger partial charge >= 0.3 is 5.51 Å². The van der Waals surface area contributed by atoms with Crippen LogP contribution in [0.4, 0.5) is 13.2 Å². The molecule has 1 aromatic carbocycles. The van der Waals surface area contributed by atoms with E-state index in [0.29, 0.717) is 11.1 Å². The van der Waals surface area contributed by atoms with Crippen molar-refractivity contribution in [2.24, 2.45) is 0 Å². The van der Waals surface area contributed by atoms with Crippen molar-refractivity contribution in [3.63, 3.8) is 0 Å². The van der Waals surface area contributed by atoms with Crippen LogP contribution < -0.4 is 0 Å². The first-order valence-corrected chi connectivity index (χ1v) is 5.97. The normalized spacial score (nSPS) is 13.5. The number of thioether (sulfide) groups is 1. The number of hydrogen-bond donors (Lipinski definition) is 0. The maximum atomic E-state index is 12.1. The number of hydrogen-bond acceptors (Lipinski definition) is 2. The molecule has 6 heteroatoms. The lowest BCUT2D eigenvalue weighted by Crippen LogP contribution is -2.04. The number of benzene rings is 1. The summed E-state index contributed by atoms with van der Waals surface area (Å²) >= 11 is 5.67. The molecule has 0 saturated carbocycles. The van der Waals surface area contributed by atoms with Gasteiger partial charge in [0, 0.05) is 4.90 Å². The molecule has 0 aliphatic carbocycles. The van der Waals surface area contributed by atoms with E-state index in [1.165, 1.54) is 25.1 Å². The largest absolute Gasteiger partial charge is 0.446 e. The molecule has 94 valence electrons. The van der Waals surface area contributed by atoms with Gasteiger partial charge in [-0.25, -0.2) is 0 Å². The molecule has 1 atom stereocenters. The second-order valence-corrected chi connectivity index (χ2v) is 5.11. The van der Waals surface area contributed by atoms with Crippen molar-refractivity contribution in [3.8, 4) is 0 Å². The second-order valence-electron chi connectivity index (χ2n) is 3.54. The number of carbonyl (C=O) groups is 1. The van der Waals surface area contributed by atoms with E-state index < -0.39 is 10.9 Å². The molecule has 17 heavy (non-hydrogen) atoms. The molecule has 0 saturated heterocycles. The molecule has 0 aliphatic heterocycles. The summed E-state index contributed by atoms with van der Waals surface area (Å²) in [7, 11) is 0. The first-order chi connectivity index (χ1) is 7.70. The highest BCUT2D eigenvalue weighted by Gasteiger charge is 2.29. The van der Waals surface area contributed by atoms with E-state index in [-0.39, 0.29) is 22.4 Å². The Morgan fingerprint density at radius 3 is 2.41 bits per heavy atom. The van der Waals surface area contributed by atoms with Gasteiger partial charge in [0.05, 0.1) is 0 Å². The van der Waals surface area contributed by atoms with Crippen molar-refractivity contribution >= 4 is 29.1 Å². The number of aryl methyl sites for hydroxylation is 1. The molecule has 0 N–H and O–H groups in total. The van der Waals surface area contributed by atoms with Crippen LogP contribution in [0.25, 0.3) is 0 Å². The summed E-state index contributed by atoms with van der Waals surface area (Å²) < 4.78 is 36.4. The minimum absolute atomic E-state index is 0.0890. The monoisotopic (exact) mass is 282 g/mol. The Balaban J connectivity index is 2.98. The van der Waals surface area contributed by atoms with E-state index in [0.717, 1.165) is 0 Å². The summed E-state index contributed by atoms with van der Waals surface area (Å²) in [6, 6.07) is 4.16. The van der Waals surface area contributed by atoms with Crippen molar-refractivity contribution in [1.82, 2.24) is 0 Å². The SMILES string of the molecule is CC(=O)C(Cl)c1ccc(SC(F)(F)F)cc1C. The Morgan fingerprint density at radius 2 is 2.00 bits per heavy atom. The molecular weight excluding hydrogens is 273 g/mol. The summed E-state index contributed by atoms with van der Waals surface area (Å²) in [5.74, 6) is -0.231. The van der Waals surface area contributed by atoms with Crippen LogP contribution in [-0.2, 0) is 4.79 Å². The van der Waals surface area contributed by atoms with Crippen LogP contribution in [-0.4, -0.2) is 11.3 Å². The average molecular weight is 283 g/mol. The third kappa shape index (κ3) is 4.24. The molecule has 1 nitrogen and oxygen atoms in total. The van der Waals surface area contributed by atoms with Crippen LogP contribution in [0.1, 0.15) is 23.4 Å². The van der Waals surface area contributed by atoms with Crippen LogP contribution in [0, 0.1) is 6.92 Å². The first kappa shape index (κ1) is 14.4. The molecule has 1 unspecified atom stereocenters. The van der Waals surface area contributed by atoms with Gasteiger partial charge in [0.2, 0.25) is 0 Å². The maximum Gasteiger partial charge on any atom is 0.446 e. The van der Waals surface area contributed by atoms with E-state index in [9.17, 15) is 18.0 Å². The quantitative estimate of drug-likeness (QED) is 0.601. The number of carbonyl (C=O) groups excluding carboxylic acids is 1. The van der Waals surface area contributed by atoms with Crippen molar-refractivity contribution in [3.05, 3.63) is 29.3 Å². The zero-order valence-corrected chi connectivity index (χ0v) is 10.7. The molecule has 0 heterocycles. The lowest BCUT2D eigenvalue weighted by molar-refractivity contribution is -0.116. The van der Waals surface area contributed by atoms with Crippen molar-refractivity contribution in [2.45, 2.75) is 29.6 Å². The molecular formula is C11H10ClF3OS. The molecule has 1 aromatic rings. The van der Waals surface area contributed by atoms with Gasteiger partial charge in [0.25, 0.3) is 0 Å². The van der Waals surface area contributed by atoms with Gasteiger partial charge in [-0.15, -0.1) is 11.6 Å². The summed E-state index contributed by atoms with van der Waals surface area (Å²) in [5.41, 5.74) is -3.19. The number of rotatable bonds is 3. The maximum absolute atomic E-state index is 12.1. The topological polar surface area (TPSA) is 17.1 Å². The minimum atomic E-state index is -4.31. The van der Waals surface area contributed by atoms with E-state index in [1.54, 1.807) is 6.92 Å². The zero-order chi connectivity index (χ0) is 13.2. The summed E-state index contributed by atoms with van der Waals surface area (Å²) in [6.45, 7) is 2.98. The molecule has 0 amide bonds. The number of ketones is 1. The molecule has 0 aromatic heterocycles. The Labute approximate surface area is 106 Å². The Hall–Kier alpha value is -0.680. The Kier molecular flexibility index (Phi) is 4.49. The zero-order valence-electron chi connectivity index (χ0n) is 9.14. The van der Waals surface area contributed by atoms with Gasteiger partial charge in [0.15, 0.2) is 5.78 Å². The molecule has 0 spiro atoms. The van der Waals surface area contributed by atoms with Gasteiger partial charge in [-0.1, -0.05) is 6.07 Å². The third-order valence-electron chi connectivity index (χ3n) is 2.10. The van der Waals surface area contributed by atoms with Crippen molar-refractivity contribution in [1.29, 1.82) is 0 Å². The van der Waals surface area contributed by atoms with Crippen LogP contribution in [0.15, 0.2) is 23.1 Å². The predicted molar refractivity (Wildman–Crippen MR) is 62.4 cm³/mol. The fourth-order valence-corrected chi connectivity index (χ4v) is 2.23. The fraction of sp³-hybridized carbons (Fsp3) is 0.364. The lowest BCUT2D eigenvalue weighted by atomic mass is 10.0. The Bertz CT molecular complexity index is 431. The van der Waals surface area contributed by atoms with Crippen LogP contribution in [0.5, 0.6) is 0 Å². The van der Waals surface area contributed by atoms with E-state index in [4.69, 9.17) is 11.6 Å². The number of Topliss-reactive ketones (excluding diaryl/α,β-unsaturated/α-hetero) is 1. The summed E-state index contributed by atoms with van der Waals surface area (Å²) in [5, 5.41) is -0.806. The highest BCUT2D eigenvalue weighted by atomic mass is 35.5. The van der Waals surface area contributed by atoms with Gasteiger partial charge in [-0.05, 0) is 48.9 Å². The summed E-state index contributed by atoms with van der Waals surface area (Å²) in [4.78, 5) is 11.2. The second kappa shape index (κ2) is 5.31. The van der Waals surface area contributed by atoms with E-state index in [1.807, 2.05) is 0 Å². The van der Waals surface area contributed by atoms with E-state index >= 15 is 0 Å². The average Bonchev–Trinajstić information content (AvgIpc) is 2.14. The van der Waals surface area contributed by atoms with Gasteiger partial charge < -0.3 is 0 Å². The molecule has 1 rings (SSSR count). The highest BCUT2D eigenvalue weighted by molar-refractivity contribution is 8.00.